The molecule has 0 spiro atoms. The fourth-order valence-electron chi connectivity index (χ4n) is 2.92. The predicted molar refractivity (Wildman–Crippen MR) is 131 cm³/mol. The van der Waals surface area contributed by atoms with Gasteiger partial charge in [-0.25, -0.2) is 14.0 Å². The Labute approximate surface area is 203 Å². The Kier molecular flexibility index (Phi) is 8.77. The van der Waals surface area contributed by atoms with E-state index in [0.717, 1.165) is 17.7 Å². The van der Waals surface area contributed by atoms with Crippen LogP contribution in [0.5, 0.6) is 0 Å². The first kappa shape index (κ1) is 24.8. The van der Waals surface area contributed by atoms with E-state index < -0.39 is 17.8 Å². The molecule has 0 heterocycles. The number of halogens is 1. The zero-order chi connectivity index (χ0) is 25.0. The van der Waals surface area contributed by atoms with Crippen molar-refractivity contribution in [3.63, 3.8) is 0 Å². The van der Waals surface area contributed by atoms with Crippen LogP contribution in [0.1, 0.15) is 33.4 Å². The number of carbonyl (C=O) groups excluding carboxylic acids is 2. The number of ether oxygens (including phenoxy) is 2. The summed E-state index contributed by atoms with van der Waals surface area (Å²) in [6.07, 6.45) is 2.18. The van der Waals surface area contributed by atoms with Gasteiger partial charge in [-0.1, -0.05) is 73.2 Å². The second kappa shape index (κ2) is 12.4. The highest BCUT2D eigenvalue weighted by Crippen LogP contribution is 2.13. The summed E-state index contributed by atoms with van der Waals surface area (Å²) >= 11 is 0. The van der Waals surface area contributed by atoms with Crippen LogP contribution in [0.2, 0.25) is 0 Å². The Bertz CT molecular complexity index is 1400. The molecule has 0 saturated heterocycles. The highest BCUT2D eigenvalue weighted by molar-refractivity contribution is 5.81. The summed E-state index contributed by atoms with van der Waals surface area (Å²) in [5.74, 6) is 10.1. The lowest BCUT2D eigenvalue weighted by atomic mass is 10.1. The summed E-state index contributed by atoms with van der Waals surface area (Å²) in [5.41, 5.74) is 3.42. The summed E-state index contributed by atoms with van der Waals surface area (Å²) in [7, 11) is 0. The monoisotopic (exact) mass is 464 g/mol. The minimum absolute atomic E-state index is 0.0426. The SMILES string of the molecule is C=CC(=O)OCc1ccccc1C#Cc1ccc(C#Cc2ccccc2COC(=O)C=C)c(F)c1. The zero-order valence-corrected chi connectivity index (χ0v) is 18.8. The second-order valence-electron chi connectivity index (χ2n) is 7.13. The molecule has 3 aromatic rings. The molecule has 0 aliphatic rings. The Balaban J connectivity index is 1.78. The molecule has 0 aromatic heterocycles. The standard InChI is InChI=1S/C30H21FO4/c1-3-29(32)34-20-26-11-7-5-9-23(26)15-13-22-14-16-25(28(31)19-22)18-17-24-10-6-8-12-27(24)21-35-30(33)4-2/h3-12,14,16,19H,1-2,20-21H2. The van der Waals surface area contributed by atoms with Gasteiger partial charge in [-0.3, -0.25) is 0 Å². The molecule has 0 N–H and O–H groups in total. The van der Waals surface area contributed by atoms with Gasteiger partial charge in [-0.05, 0) is 30.3 Å². The van der Waals surface area contributed by atoms with Crippen LogP contribution in [0, 0.1) is 29.5 Å². The maximum absolute atomic E-state index is 14.7. The van der Waals surface area contributed by atoms with Crippen molar-refractivity contribution in [1.29, 1.82) is 0 Å². The van der Waals surface area contributed by atoms with E-state index in [2.05, 4.69) is 36.8 Å². The van der Waals surface area contributed by atoms with Gasteiger partial charge in [-0.15, -0.1) is 0 Å². The van der Waals surface area contributed by atoms with Gasteiger partial charge in [0.05, 0.1) is 5.56 Å². The van der Waals surface area contributed by atoms with E-state index in [4.69, 9.17) is 9.47 Å². The van der Waals surface area contributed by atoms with E-state index in [1.165, 1.54) is 6.07 Å². The van der Waals surface area contributed by atoms with Gasteiger partial charge >= 0.3 is 11.9 Å². The third-order valence-electron chi connectivity index (χ3n) is 4.75. The van der Waals surface area contributed by atoms with Crippen molar-refractivity contribution in [3.8, 4) is 23.7 Å². The van der Waals surface area contributed by atoms with Crippen LogP contribution in [0.25, 0.3) is 0 Å². The lowest BCUT2D eigenvalue weighted by Crippen LogP contribution is -2.01. The van der Waals surface area contributed by atoms with E-state index in [0.29, 0.717) is 22.3 Å². The molecule has 0 fully saturated rings. The number of hydrogen-bond acceptors (Lipinski definition) is 4. The molecular weight excluding hydrogens is 443 g/mol. The molecular formula is C30H21FO4. The molecule has 35 heavy (non-hydrogen) atoms. The topological polar surface area (TPSA) is 52.6 Å². The Morgan fingerprint density at radius 2 is 1.20 bits per heavy atom. The molecule has 3 aromatic carbocycles. The molecule has 0 aliphatic carbocycles. The van der Waals surface area contributed by atoms with E-state index >= 15 is 0 Å². The summed E-state index contributed by atoms with van der Waals surface area (Å²) in [6, 6.07) is 18.9. The van der Waals surface area contributed by atoms with Crippen molar-refractivity contribution >= 4 is 11.9 Å². The molecule has 4 nitrogen and oxygen atoms in total. The van der Waals surface area contributed by atoms with Gasteiger partial charge in [0.2, 0.25) is 0 Å². The molecule has 0 bridgehead atoms. The lowest BCUT2D eigenvalue weighted by molar-refractivity contribution is -0.139. The first-order valence-corrected chi connectivity index (χ1v) is 10.6. The average Bonchev–Trinajstić information content (AvgIpc) is 2.89. The van der Waals surface area contributed by atoms with Crippen LogP contribution in [-0.4, -0.2) is 11.9 Å². The van der Waals surface area contributed by atoms with E-state index in [-0.39, 0.29) is 18.8 Å². The van der Waals surface area contributed by atoms with Gasteiger partial charge in [0, 0.05) is 40.0 Å². The highest BCUT2D eigenvalue weighted by atomic mass is 19.1. The highest BCUT2D eigenvalue weighted by Gasteiger charge is 2.05. The molecule has 0 atom stereocenters. The summed E-state index contributed by atoms with van der Waals surface area (Å²) < 4.78 is 24.8. The quantitative estimate of drug-likeness (QED) is 0.290. The fraction of sp³-hybridized carbons (Fsp3) is 0.0667. The Hall–Kier alpha value is -4.87. The van der Waals surface area contributed by atoms with Gasteiger partial charge in [0.1, 0.15) is 19.0 Å². The maximum Gasteiger partial charge on any atom is 0.330 e. The van der Waals surface area contributed by atoms with Gasteiger partial charge in [0.15, 0.2) is 0 Å². The van der Waals surface area contributed by atoms with Crippen molar-refractivity contribution < 1.29 is 23.5 Å². The largest absolute Gasteiger partial charge is 0.458 e. The molecule has 0 aliphatic heterocycles. The summed E-state index contributed by atoms with van der Waals surface area (Å²) in [5, 5.41) is 0. The number of rotatable bonds is 6. The molecule has 172 valence electrons. The van der Waals surface area contributed by atoms with Crippen molar-refractivity contribution in [2.75, 3.05) is 0 Å². The van der Waals surface area contributed by atoms with E-state index in [1.807, 2.05) is 12.1 Å². The first-order valence-electron chi connectivity index (χ1n) is 10.6. The zero-order valence-electron chi connectivity index (χ0n) is 18.8. The maximum atomic E-state index is 14.7. The molecule has 3 rings (SSSR count). The first-order chi connectivity index (χ1) is 17.0. The lowest BCUT2D eigenvalue weighted by Gasteiger charge is -2.05. The smallest absolute Gasteiger partial charge is 0.330 e. The summed E-state index contributed by atoms with van der Waals surface area (Å²) in [4.78, 5) is 22.7. The fourth-order valence-corrected chi connectivity index (χ4v) is 2.92. The minimum Gasteiger partial charge on any atom is -0.458 e. The van der Waals surface area contributed by atoms with Crippen LogP contribution in [0.15, 0.2) is 92.0 Å². The van der Waals surface area contributed by atoms with Crippen molar-refractivity contribution in [1.82, 2.24) is 0 Å². The Morgan fingerprint density at radius 3 is 1.71 bits per heavy atom. The molecule has 0 radical (unpaired) electrons. The molecule has 0 unspecified atom stereocenters. The molecule has 5 heteroatoms. The normalized spacial score (nSPS) is 9.51. The third-order valence-corrected chi connectivity index (χ3v) is 4.75. The number of hydrogen-bond donors (Lipinski definition) is 0. The minimum atomic E-state index is -0.532. The number of carbonyl (C=O) groups is 2. The number of benzene rings is 3. The van der Waals surface area contributed by atoms with Crippen LogP contribution in [0.4, 0.5) is 4.39 Å². The van der Waals surface area contributed by atoms with Crippen LogP contribution in [-0.2, 0) is 32.3 Å². The molecule has 0 saturated carbocycles. The molecule has 0 amide bonds. The Morgan fingerprint density at radius 1 is 0.714 bits per heavy atom. The van der Waals surface area contributed by atoms with Crippen LogP contribution < -0.4 is 0 Å². The average molecular weight is 464 g/mol. The predicted octanol–water partition coefficient (Wildman–Crippen LogP) is 5.08. The van der Waals surface area contributed by atoms with Crippen LogP contribution in [0.3, 0.4) is 0 Å². The second-order valence-corrected chi connectivity index (χ2v) is 7.13. The van der Waals surface area contributed by atoms with Crippen LogP contribution >= 0.6 is 0 Å². The van der Waals surface area contributed by atoms with Gasteiger partial charge in [0.25, 0.3) is 0 Å². The van der Waals surface area contributed by atoms with E-state index in [9.17, 15) is 14.0 Å². The van der Waals surface area contributed by atoms with Crippen molar-refractivity contribution in [2.45, 2.75) is 13.2 Å². The number of esters is 2. The van der Waals surface area contributed by atoms with Gasteiger partial charge in [-0.2, -0.15) is 0 Å². The van der Waals surface area contributed by atoms with Crippen molar-refractivity contribution in [3.05, 3.63) is 131 Å². The van der Waals surface area contributed by atoms with Crippen molar-refractivity contribution in [2.24, 2.45) is 0 Å². The summed E-state index contributed by atoms with van der Waals surface area (Å²) in [6.45, 7) is 6.84. The van der Waals surface area contributed by atoms with Gasteiger partial charge < -0.3 is 9.47 Å². The van der Waals surface area contributed by atoms with E-state index in [1.54, 1.807) is 48.5 Å². The third kappa shape index (κ3) is 7.32.